The fourth-order valence-electron chi connectivity index (χ4n) is 3.57. The highest BCUT2D eigenvalue weighted by molar-refractivity contribution is 14.0. The standard InChI is InChI=1S/C17H30N6O.HI/c1-13(2)23-15(24)11-22(12-17(23,4)5)16(18-6)20-8-10-21-9-7-19-14(21)3;/h7,9,13H,8,10-12H2,1-6H3,(H,18,20);1H. The first kappa shape index (κ1) is 21.7. The zero-order valence-electron chi connectivity index (χ0n) is 16.1. The zero-order valence-corrected chi connectivity index (χ0v) is 18.4. The minimum Gasteiger partial charge on any atom is -0.354 e. The molecule has 0 saturated carbocycles. The van der Waals surface area contributed by atoms with E-state index in [0.29, 0.717) is 6.54 Å². The van der Waals surface area contributed by atoms with Gasteiger partial charge in [-0.15, -0.1) is 24.0 Å². The van der Waals surface area contributed by atoms with Crippen LogP contribution in [0.1, 0.15) is 33.5 Å². The van der Waals surface area contributed by atoms with Crippen molar-refractivity contribution in [3.8, 4) is 0 Å². The number of aliphatic imine (C=N–C) groups is 1. The second-order valence-electron chi connectivity index (χ2n) is 7.17. The van der Waals surface area contributed by atoms with Gasteiger partial charge in [0, 0.05) is 45.1 Å². The van der Waals surface area contributed by atoms with Crippen molar-refractivity contribution in [2.75, 3.05) is 26.7 Å². The van der Waals surface area contributed by atoms with Gasteiger partial charge in [0.25, 0.3) is 0 Å². The molecule has 0 unspecified atom stereocenters. The van der Waals surface area contributed by atoms with E-state index in [1.54, 1.807) is 13.2 Å². The van der Waals surface area contributed by atoms with Crippen molar-refractivity contribution in [1.82, 2.24) is 24.7 Å². The summed E-state index contributed by atoms with van der Waals surface area (Å²) in [5, 5.41) is 3.36. The predicted molar refractivity (Wildman–Crippen MR) is 111 cm³/mol. The van der Waals surface area contributed by atoms with Gasteiger partial charge in [0.15, 0.2) is 5.96 Å². The molecule has 2 rings (SSSR count). The number of rotatable bonds is 4. The van der Waals surface area contributed by atoms with Gasteiger partial charge in [-0.1, -0.05) is 0 Å². The minimum absolute atomic E-state index is 0. The van der Waals surface area contributed by atoms with Gasteiger partial charge in [-0.05, 0) is 34.6 Å². The number of imidazole rings is 1. The van der Waals surface area contributed by atoms with Gasteiger partial charge >= 0.3 is 0 Å². The molecule has 7 nitrogen and oxygen atoms in total. The Morgan fingerprint density at radius 3 is 2.60 bits per heavy atom. The summed E-state index contributed by atoms with van der Waals surface area (Å²) in [6, 6.07) is 0.203. The molecule has 0 bridgehead atoms. The number of hydrogen-bond acceptors (Lipinski definition) is 3. The van der Waals surface area contributed by atoms with E-state index in [1.807, 2.05) is 22.9 Å². The van der Waals surface area contributed by atoms with Crippen LogP contribution in [0.15, 0.2) is 17.4 Å². The van der Waals surface area contributed by atoms with Gasteiger partial charge < -0.3 is 19.7 Å². The Bertz CT molecular complexity index is 610. The normalized spacial score (nSPS) is 17.7. The lowest BCUT2D eigenvalue weighted by Crippen LogP contribution is -2.66. The average molecular weight is 462 g/mol. The quantitative estimate of drug-likeness (QED) is 0.421. The van der Waals surface area contributed by atoms with Crippen LogP contribution < -0.4 is 5.32 Å². The summed E-state index contributed by atoms with van der Waals surface area (Å²) in [5.74, 6) is 1.92. The first-order chi connectivity index (χ1) is 11.3. The van der Waals surface area contributed by atoms with Gasteiger partial charge in [0.1, 0.15) is 5.82 Å². The van der Waals surface area contributed by atoms with Crippen molar-refractivity contribution in [2.24, 2.45) is 4.99 Å². The molecule has 142 valence electrons. The topological polar surface area (TPSA) is 65.8 Å². The predicted octanol–water partition coefficient (Wildman–Crippen LogP) is 1.72. The summed E-state index contributed by atoms with van der Waals surface area (Å²) in [6.45, 7) is 13.0. The number of guanidine groups is 1. The van der Waals surface area contributed by atoms with Gasteiger partial charge in [-0.2, -0.15) is 0 Å². The average Bonchev–Trinajstić information content (AvgIpc) is 2.86. The third kappa shape index (κ3) is 5.08. The molecule has 0 atom stereocenters. The number of carbonyl (C=O) groups excluding carboxylic acids is 1. The van der Waals surface area contributed by atoms with E-state index >= 15 is 0 Å². The molecule has 0 radical (unpaired) electrons. The Balaban J connectivity index is 0.00000312. The lowest BCUT2D eigenvalue weighted by Gasteiger charge is -2.49. The van der Waals surface area contributed by atoms with Gasteiger partial charge in [-0.3, -0.25) is 9.79 Å². The molecule has 0 aromatic carbocycles. The van der Waals surface area contributed by atoms with Crippen molar-refractivity contribution in [3.63, 3.8) is 0 Å². The Morgan fingerprint density at radius 2 is 2.12 bits per heavy atom. The molecule has 1 aliphatic heterocycles. The fraction of sp³-hybridized carbons (Fsp3) is 0.706. The molecule has 1 aliphatic rings. The van der Waals surface area contributed by atoms with Crippen molar-refractivity contribution in [3.05, 3.63) is 18.2 Å². The zero-order chi connectivity index (χ0) is 17.9. The van der Waals surface area contributed by atoms with E-state index in [2.05, 4.69) is 47.6 Å². The van der Waals surface area contributed by atoms with Crippen molar-refractivity contribution >= 4 is 35.8 Å². The molecule has 1 fully saturated rings. The first-order valence-electron chi connectivity index (χ1n) is 8.51. The Kier molecular flexibility index (Phi) is 7.70. The maximum atomic E-state index is 12.6. The van der Waals surface area contributed by atoms with Crippen LogP contribution in [-0.2, 0) is 11.3 Å². The second kappa shape index (κ2) is 8.86. The Morgan fingerprint density at radius 1 is 1.44 bits per heavy atom. The van der Waals surface area contributed by atoms with Crippen molar-refractivity contribution in [1.29, 1.82) is 0 Å². The highest BCUT2D eigenvalue weighted by atomic mass is 127. The second-order valence-corrected chi connectivity index (χ2v) is 7.17. The van der Waals surface area contributed by atoms with Gasteiger partial charge in [-0.25, -0.2) is 4.98 Å². The summed E-state index contributed by atoms with van der Waals surface area (Å²) in [4.78, 5) is 25.2. The highest BCUT2D eigenvalue weighted by Gasteiger charge is 2.40. The summed E-state index contributed by atoms with van der Waals surface area (Å²) in [6.07, 6.45) is 3.77. The molecule has 8 heteroatoms. The molecule has 2 heterocycles. The number of aromatic nitrogens is 2. The molecular formula is C17H31IN6O. The lowest BCUT2D eigenvalue weighted by molar-refractivity contribution is -0.145. The molecule has 0 aliphatic carbocycles. The number of nitrogens with one attached hydrogen (secondary N) is 1. The molecular weight excluding hydrogens is 431 g/mol. The molecule has 1 saturated heterocycles. The highest BCUT2D eigenvalue weighted by Crippen LogP contribution is 2.24. The largest absolute Gasteiger partial charge is 0.354 e. The van der Waals surface area contributed by atoms with E-state index in [9.17, 15) is 4.79 Å². The molecule has 1 amide bonds. The molecule has 0 spiro atoms. The fourth-order valence-corrected chi connectivity index (χ4v) is 3.57. The van der Waals surface area contributed by atoms with Crippen LogP contribution in [0.4, 0.5) is 0 Å². The van der Waals surface area contributed by atoms with Crippen molar-refractivity contribution < 1.29 is 4.79 Å². The van der Waals surface area contributed by atoms with Crippen LogP contribution in [-0.4, -0.2) is 69.5 Å². The minimum atomic E-state index is -0.220. The smallest absolute Gasteiger partial charge is 0.242 e. The third-order valence-corrected chi connectivity index (χ3v) is 4.41. The monoisotopic (exact) mass is 462 g/mol. The lowest BCUT2D eigenvalue weighted by atomic mass is 9.96. The van der Waals surface area contributed by atoms with E-state index < -0.39 is 0 Å². The Labute approximate surface area is 167 Å². The summed E-state index contributed by atoms with van der Waals surface area (Å²) in [5.41, 5.74) is -0.220. The number of halogens is 1. The van der Waals surface area contributed by atoms with E-state index in [4.69, 9.17) is 0 Å². The summed E-state index contributed by atoms with van der Waals surface area (Å²) in [7, 11) is 1.76. The molecule has 1 aromatic heterocycles. The van der Waals surface area contributed by atoms with Crippen LogP contribution in [0, 0.1) is 6.92 Å². The number of nitrogens with zero attached hydrogens (tertiary/aromatic N) is 5. The summed E-state index contributed by atoms with van der Waals surface area (Å²) < 4.78 is 2.09. The SMILES string of the molecule is CN=C(NCCn1ccnc1C)N1CC(=O)N(C(C)C)C(C)(C)C1.I. The number of piperazine rings is 1. The number of amides is 1. The number of carbonyl (C=O) groups is 1. The van der Waals surface area contributed by atoms with Gasteiger partial charge in [0.2, 0.25) is 5.91 Å². The molecule has 1 aromatic rings. The van der Waals surface area contributed by atoms with E-state index in [0.717, 1.165) is 31.4 Å². The van der Waals surface area contributed by atoms with Crippen LogP contribution in [0.2, 0.25) is 0 Å². The Hall–Kier alpha value is -1.32. The summed E-state index contributed by atoms with van der Waals surface area (Å²) >= 11 is 0. The number of aryl methyl sites for hydroxylation is 1. The van der Waals surface area contributed by atoms with Gasteiger partial charge in [0.05, 0.1) is 12.1 Å². The first-order valence-corrected chi connectivity index (χ1v) is 8.51. The van der Waals surface area contributed by atoms with Crippen LogP contribution >= 0.6 is 24.0 Å². The van der Waals surface area contributed by atoms with E-state index in [1.165, 1.54) is 0 Å². The molecule has 25 heavy (non-hydrogen) atoms. The maximum Gasteiger partial charge on any atom is 0.242 e. The number of hydrogen-bond donors (Lipinski definition) is 1. The van der Waals surface area contributed by atoms with Crippen LogP contribution in [0.5, 0.6) is 0 Å². The van der Waals surface area contributed by atoms with Crippen LogP contribution in [0.25, 0.3) is 0 Å². The third-order valence-electron chi connectivity index (χ3n) is 4.41. The van der Waals surface area contributed by atoms with E-state index in [-0.39, 0.29) is 41.5 Å². The molecule has 1 N–H and O–H groups in total. The maximum absolute atomic E-state index is 12.6. The van der Waals surface area contributed by atoms with Crippen molar-refractivity contribution in [2.45, 2.75) is 52.7 Å². The van der Waals surface area contributed by atoms with Crippen LogP contribution in [0.3, 0.4) is 0 Å².